The molecule has 28 heavy (non-hydrogen) atoms. The van der Waals surface area contributed by atoms with Gasteiger partial charge in [-0.2, -0.15) is 0 Å². The molecule has 1 N–H and O–H groups in total. The molecule has 1 fully saturated rings. The average molecular weight is 384 g/mol. The molecule has 0 aromatic carbocycles. The number of nitrogens with zero attached hydrogens (tertiary/aromatic N) is 5. The van der Waals surface area contributed by atoms with E-state index in [0.29, 0.717) is 56.7 Å². The molecule has 0 saturated carbocycles. The van der Waals surface area contributed by atoms with Crippen molar-refractivity contribution in [3.8, 4) is 0 Å². The molecule has 2 amide bonds. The first-order valence-corrected chi connectivity index (χ1v) is 9.26. The van der Waals surface area contributed by atoms with Crippen molar-refractivity contribution in [3.63, 3.8) is 0 Å². The molecule has 1 aliphatic rings. The lowest BCUT2D eigenvalue weighted by atomic mass is 10.2. The van der Waals surface area contributed by atoms with Crippen LogP contribution >= 0.6 is 0 Å². The molecule has 0 atom stereocenters. The molecule has 2 aromatic rings. The van der Waals surface area contributed by atoms with E-state index in [4.69, 9.17) is 4.74 Å². The Balaban J connectivity index is 1.62. The quantitative estimate of drug-likeness (QED) is 0.837. The number of rotatable bonds is 5. The van der Waals surface area contributed by atoms with Crippen molar-refractivity contribution in [3.05, 3.63) is 47.5 Å². The fourth-order valence-corrected chi connectivity index (χ4v) is 2.91. The molecule has 0 aliphatic carbocycles. The lowest BCUT2D eigenvalue weighted by molar-refractivity contribution is 0.0566. The monoisotopic (exact) mass is 384 g/mol. The van der Waals surface area contributed by atoms with Gasteiger partial charge < -0.3 is 19.9 Å². The van der Waals surface area contributed by atoms with Gasteiger partial charge in [-0.15, -0.1) is 0 Å². The van der Waals surface area contributed by atoms with Crippen molar-refractivity contribution < 1.29 is 14.3 Å². The van der Waals surface area contributed by atoms with Gasteiger partial charge in [-0.25, -0.2) is 14.8 Å². The fraction of sp³-hybridized carbons (Fsp3) is 0.421. The van der Waals surface area contributed by atoms with Gasteiger partial charge in [0.05, 0.1) is 6.61 Å². The van der Waals surface area contributed by atoms with Gasteiger partial charge in [-0.3, -0.25) is 9.78 Å². The van der Waals surface area contributed by atoms with Gasteiger partial charge >= 0.3 is 6.09 Å². The number of ether oxygens (including phenoxy) is 1. The number of carbonyl (C=O) groups is 2. The minimum atomic E-state index is -0.339. The lowest BCUT2D eigenvalue weighted by Gasteiger charge is -2.33. The molecule has 9 nitrogen and oxygen atoms in total. The van der Waals surface area contributed by atoms with Crippen molar-refractivity contribution >= 4 is 17.9 Å². The Morgan fingerprint density at radius 1 is 1.18 bits per heavy atom. The number of amides is 2. The summed E-state index contributed by atoms with van der Waals surface area (Å²) >= 11 is 0. The number of nitrogens with one attached hydrogen (secondary N) is 1. The van der Waals surface area contributed by atoms with E-state index in [1.165, 1.54) is 0 Å². The largest absolute Gasteiger partial charge is 0.450 e. The topological polar surface area (TPSA) is 101 Å². The van der Waals surface area contributed by atoms with Crippen LogP contribution in [-0.2, 0) is 11.3 Å². The summed E-state index contributed by atoms with van der Waals surface area (Å²) in [4.78, 5) is 40.7. The molecule has 1 saturated heterocycles. The maximum absolute atomic E-state index is 12.8. The van der Waals surface area contributed by atoms with Gasteiger partial charge in [0.2, 0.25) is 5.95 Å². The SMILES string of the molecule is CCOC(=O)N1CCN(C(=O)c2cc(C)nc(NCc3cccnc3)n2)CC1. The summed E-state index contributed by atoms with van der Waals surface area (Å²) in [5, 5.41) is 3.13. The number of hydrogen-bond donors (Lipinski definition) is 1. The summed E-state index contributed by atoms with van der Waals surface area (Å²) in [6, 6.07) is 5.49. The summed E-state index contributed by atoms with van der Waals surface area (Å²) < 4.78 is 5.01. The highest BCUT2D eigenvalue weighted by molar-refractivity contribution is 5.92. The van der Waals surface area contributed by atoms with Gasteiger partial charge in [-0.1, -0.05) is 6.07 Å². The van der Waals surface area contributed by atoms with E-state index in [9.17, 15) is 9.59 Å². The number of piperazine rings is 1. The highest BCUT2D eigenvalue weighted by atomic mass is 16.6. The van der Waals surface area contributed by atoms with Crippen LogP contribution in [0.4, 0.5) is 10.7 Å². The van der Waals surface area contributed by atoms with Crippen LogP contribution in [0.5, 0.6) is 0 Å². The van der Waals surface area contributed by atoms with Gasteiger partial charge in [-0.05, 0) is 31.5 Å². The average Bonchev–Trinajstić information content (AvgIpc) is 2.72. The second-order valence-electron chi connectivity index (χ2n) is 6.41. The van der Waals surface area contributed by atoms with Crippen LogP contribution in [-0.4, -0.2) is 69.5 Å². The third-order valence-electron chi connectivity index (χ3n) is 4.34. The van der Waals surface area contributed by atoms with Crippen LogP contribution in [0, 0.1) is 6.92 Å². The Kier molecular flexibility index (Phi) is 6.36. The summed E-state index contributed by atoms with van der Waals surface area (Å²) in [5.74, 6) is 0.232. The van der Waals surface area contributed by atoms with Crippen LogP contribution in [0.2, 0.25) is 0 Å². The number of hydrogen-bond acceptors (Lipinski definition) is 7. The Hall–Kier alpha value is -3.23. The van der Waals surface area contributed by atoms with Crippen LogP contribution < -0.4 is 5.32 Å². The molecule has 9 heteroatoms. The van der Waals surface area contributed by atoms with Crippen molar-refractivity contribution in [1.82, 2.24) is 24.8 Å². The second kappa shape index (κ2) is 9.12. The van der Waals surface area contributed by atoms with Crippen LogP contribution in [0.3, 0.4) is 0 Å². The van der Waals surface area contributed by atoms with E-state index >= 15 is 0 Å². The van der Waals surface area contributed by atoms with E-state index in [1.807, 2.05) is 19.1 Å². The standard InChI is InChI=1S/C19H24N6O3/c1-3-28-19(27)25-9-7-24(8-10-25)17(26)16-11-14(2)22-18(23-16)21-13-15-5-4-6-20-12-15/h4-6,11-12H,3,7-10,13H2,1-2H3,(H,21,22,23). The second-order valence-corrected chi connectivity index (χ2v) is 6.41. The number of carbonyl (C=O) groups excluding carboxylic acids is 2. The molecule has 3 heterocycles. The summed E-state index contributed by atoms with van der Waals surface area (Å²) in [7, 11) is 0. The van der Waals surface area contributed by atoms with Crippen LogP contribution in [0.25, 0.3) is 0 Å². The molecule has 3 rings (SSSR count). The van der Waals surface area contributed by atoms with E-state index in [1.54, 1.807) is 35.2 Å². The van der Waals surface area contributed by atoms with E-state index < -0.39 is 0 Å². The first-order chi connectivity index (χ1) is 13.6. The molecule has 0 radical (unpaired) electrons. The third kappa shape index (κ3) is 4.93. The number of aromatic nitrogens is 3. The molecule has 0 bridgehead atoms. The minimum absolute atomic E-state index is 0.168. The smallest absolute Gasteiger partial charge is 0.409 e. The molecule has 148 valence electrons. The Labute approximate surface area is 163 Å². The normalized spacial score (nSPS) is 13.9. The van der Waals surface area contributed by atoms with Crippen molar-refractivity contribution in [2.75, 3.05) is 38.1 Å². The van der Waals surface area contributed by atoms with E-state index in [-0.39, 0.29) is 12.0 Å². The van der Waals surface area contributed by atoms with Gasteiger partial charge in [0, 0.05) is 50.8 Å². The zero-order valence-corrected chi connectivity index (χ0v) is 16.1. The highest BCUT2D eigenvalue weighted by Crippen LogP contribution is 2.12. The van der Waals surface area contributed by atoms with Gasteiger partial charge in [0.1, 0.15) is 5.69 Å². The van der Waals surface area contributed by atoms with Gasteiger partial charge in [0.15, 0.2) is 0 Å². The van der Waals surface area contributed by atoms with Crippen molar-refractivity contribution in [2.24, 2.45) is 0 Å². The Bertz CT molecular complexity index is 822. The molecule has 2 aromatic heterocycles. The van der Waals surface area contributed by atoms with Crippen molar-refractivity contribution in [1.29, 1.82) is 0 Å². The molecule has 1 aliphatic heterocycles. The van der Waals surface area contributed by atoms with Crippen LogP contribution in [0.15, 0.2) is 30.6 Å². The molecular formula is C19H24N6O3. The zero-order valence-electron chi connectivity index (χ0n) is 16.1. The Morgan fingerprint density at radius 2 is 1.93 bits per heavy atom. The summed E-state index contributed by atoms with van der Waals surface area (Å²) in [5.41, 5.74) is 2.04. The maximum Gasteiger partial charge on any atom is 0.409 e. The predicted octanol–water partition coefficient (Wildman–Crippen LogP) is 1.71. The number of pyridine rings is 1. The molecule has 0 spiro atoms. The zero-order chi connectivity index (χ0) is 19.9. The number of aryl methyl sites for hydroxylation is 1. The molecule has 0 unspecified atom stereocenters. The lowest BCUT2D eigenvalue weighted by Crippen LogP contribution is -2.50. The molecular weight excluding hydrogens is 360 g/mol. The fourth-order valence-electron chi connectivity index (χ4n) is 2.91. The van der Waals surface area contributed by atoms with Crippen molar-refractivity contribution in [2.45, 2.75) is 20.4 Å². The van der Waals surface area contributed by atoms with Gasteiger partial charge in [0.25, 0.3) is 5.91 Å². The summed E-state index contributed by atoms with van der Waals surface area (Å²) in [6.45, 7) is 6.23. The maximum atomic E-state index is 12.8. The Morgan fingerprint density at radius 3 is 2.61 bits per heavy atom. The number of anilines is 1. The minimum Gasteiger partial charge on any atom is -0.450 e. The third-order valence-corrected chi connectivity index (χ3v) is 4.34. The van der Waals surface area contributed by atoms with E-state index in [2.05, 4.69) is 20.3 Å². The van der Waals surface area contributed by atoms with E-state index in [0.717, 1.165) is 5.56 Å². The first kappa shape index (κ1) is 19.5. The first-order valence-electron chi connectivity index (χ1n) is 9.26. The highest BCUT2D eigenvalue weighted by Gasteiger charge is 2.26. The predicted molar refractivity (Wildman–Crippen MR) is 103 cm³/mol. The summed E-state index contributed by atoms with van der Waals surface area (Å²) in [6.07, 6.45) is 3.14. The van der Waals surface area contributed by atoms with Crippen LogP contribution in [0.1, 0.15) is 28.7 Å².